The lowest BCUT2D eigenvalue weighted by atomic mass is 9.97. The first-order chi connectivity index (χ1) is 31.2. The highest BCUT2D eigenvalue weighted by Crippen LogP contribution is 2.49. The number of esters is 1. The first-order valence-corrected chi connectivity index (χ1v) is 22.0. The van der Waals surface area contributed by atoms with E-state index in [1.807, 2.05) is 30.3 Å². The number of rotatable bonds is 3. The molecule has 3 amide bonds. The Morgan fingerprint density at radius 3 is 1.48 bits per heavy atom. The van der Waals surface area contributed by atoms with Crippen LogP contribution in [-0.4, -0.2) is 65.2 Å². The van der Waals surface area contributed by atoms with Gasteiger partial charge in [-0.2, -0.15) is 0 Å². The predicted molar refractivity (Wildman–Crippen MR) is 247 cm³/mol. The van der Waals surface area contributed by atoms with Gasteiger partial charge in [-0.1, -0.05) is 72.8 Å². The van der Waals surface area contributed by atoms with Crippen LogP contribution >= 0.6 is 0 Å². The Bertz CT molecular complexity index is 3790. The maximum Gasteiger partial charge on any atom is 0.302 e. The number of nitrogens with zero attached hydrogens (tertiary/aromatic N) is 5. The summed E-state index contributed by atoms with van der Waals surface area (Å²) >= 11 is 0. The number of carbonyl (C=O) groups excluding carboxylic acids is 4. The van der Waals surface area contributed by atoms with Crippen LogP contribution < -0.4 is 5.32 Å². The number of aliphatic hydroxyl groups excluding tert-OH is 1. The normalized spacial score (nSPS) is 17.6. The summed E-state index contributed by atoms with van der Waals surface area (Å²) in [5.41, 5.74) is 12.3. The number of para-hydroxylation sites is 4. The summed E-state index contributed by atoms with van der Waals surface area (Å²) < 4.78 is 14.8. The number of fused-ring (bicyclic) bond motifs is 18. The first-order valence-electron chi connectivity index (χ1n) is 22.0. The van der Waals surface area contributed by atoms with Crippen molar-refractivity contribution < 1.29 is 29.0 Å². The van der Waals surface area contributed by atoms with Gasteiger partial charge in [-0.15, -0.1) is 0 Å². The second-order valence-corrected chi connectivity index (χ2v) is 17.9. The average molecular weight is 847 g/mol. The van der Waals surface area contributed by atoms with Crippen molar-refractivity contribution in [2.24, 2.45) is 11.8 Å². The minimum absolute atomic E-state index is 0.0181. The number of hydrogen-bond donors (Lipinski definition) is 2. The fourth-order valence-electron chi connectivity index (χ4n) is 11.9. The molecule has 0 radical (unpaired) electrons. The molecule has 0 spiro atoms. The van der Waals surface area contributed by atoms with Gasteiger partial charge in [0.1, 0.15) is 0 Å². The number of aliphatic hydroxyl groups is 1. The Hall–Kier alpha value is -7.44. The second kappa shape index (κ2) is 13.3. The van der Waals surface area contributed by atoms with Crippen molar-refractivity contribution in [2.45, 2.75) is 53.1 Å². The summed E-state index contributed by atoms with van der Waals surface area (Å²) in [5.74, 6) is -0.564. The number of aromatic nitrogens is 4. The highest BCUT2D eigenvalue weighted by molar-refractivity contribution is 6.33. The number of hydrogen-bond acceptors (Lipinski definition) is 6. The van der Waals surface area contributed by atoms with E-state index in [4.69, 9.17) is 4.74 Å². The SMILES string of the molecule is CC(=O)OCC1Cn2c3ccccc3c3c4c(c5c6ccccc6n(c5c32)C1)C(=O)N(C(C)=O)C4.O=C1NCc2c1c1c3ccccc3n3c1c1c2c2ccccc2n1CC(CO)C3. The summed E-state index contributed by atoms with van der Waals surface area (Å²) in [7, 11) is 0. The molecular weight excluding hydrogens is 805 g/mol. The summed E-state index contributed by atoms with van der Waals surface area (Å²) in [4.78, 5) is 52.1. The van der Waals surface area contributed by atoms with E-state index in [0.717, 1.165) is 95.2 Å². The molecule has 0 saturated heterocycles. The van der Waals surface area contributed by atoms with Crippen LogP contribution in [0.3, 0.4) is 0 Å². The van der Waals surface area contributed by atoms with E-state index < -0.39 is 0 Å². The minimum Gasteiger partial charge on any atom is -0.465 e. The standard InChI is InChI=1S/C28H23N3O4.C24H19N3O2/c1-15(32)29-13-20-23-18-7-3-5-9-21(18)30-11-17(14-35-16(2)33)12-31-22-10-6-4-8-19(22)24(25(20)28(29)34)27(31)26(23)30;28-12-13-10-26-17-7-3-1-5-14(17)19-16-9-25-24(29)21(16)20-15-6-2-4-8-18(15)27(11-13)23(20)22(19)26/h3-10,17H,11-14H2,1-2H3;1-8,13,28H,9-12H2,(H,25,29). The van der Waals surface area contributed by atoms with Crippen molar-refractivity contribution in [1.29, 1.82) is 0 Å². The van der Waals surface area contributed by atoms with Gasteiger partial charge >= 0.3 is 5.97 Å². The van der Waals surface area contributed by atoms with E-state index in [9.17, 15) is 24.3 Å². The van der Waals surface area contributed by atoms with Crippen molar-refractivity contribution in [2.75, 3.05) is 13.2 Å². The topological polar surface area (TPSA) is 133 Å². The van der Waals surface area contributed by atoms with Gasteiger partial charge in [0.15, 0.2) is 0 Å². The number of ether oxygens (including phenoxy) is 1. The maximum absolute atomic E-state index is 13.7. The number of nitrogens with one attached hydrogen (secondary N) is 1. The van der Waals surface area contributed by atoms with Crippen molar-refractivity contribution in [3.8, 4) is 0 Å². The molecule has 4 aliphatic heterocycles. The summed E-state index contributed by atoms with van der Waals surface area (Å²) in [6.45, 7) is 7.05. The van der Waals surface area contributed by atoms with Gasteiger partial charge in [0.2, 0.25) is 5.91 Å². The molecule has 4 aliphatic rings. The van der Waals surface area contributed by atoms with Crippen LogP contribution in [0.4, 0.5) is 0 Å². The van der Waals surface area contributed by atoms with Crippen LogP contribution in [0, 0.1) is 11.8 Å². The Morgan fingerprint density at radius 1 is 0.594 bits per heavy atom. The molecule has 12 nitrogen and oxygen atoms in total. The molecule has 6 aromatic carbocycles. The highest BCUT2D eigenvalue weighted by atomic mass is 16.5. The van der Waals surface area contributed by atoms with E-state index in [0.29, 0.717) is 31.8 Å². The number of carbonyl (C=O) groups is 4. The molecule has 0 aliphatic carbocycles. The Kier molecular flexibility index (Phi) is 7.71. The van der Waals surface area contributed by atoms with Crippen LogP contribution in [0.1, 0.15) is 45.7 Å². The zero-order valence-corrected chi connectivity index (χ0v) is 35.3. The third kappa shape index (κ3) is 4.80. The lowest BCUT2D eigenvalue weighted by Crippen LogP contribution is -2.28. The summed E-state index contributed by atoms with van der Waals surface area (Å²) in [5, 5.41) is 21.8. The molecule has 14 rings (SSSR count). The summed E-state index contributed by atoms with van der Waals surface area (Å²) in [6.07, 6.45) is 0. The third-order valence-electron chi connectivity index (χ3n) is 14.4. The fraction of sp³-hybridized carbons (Fsp3) is 0.231. The molecule has 0 fully saturated rings. The van der Waals surface area contributed by atoms with Crippen LogP contribution in [0.25, 0.3) is 87.2 Å². The smallest absolute Gasteiger partial charge is 0.302 e. The molecule has 2 atom stereocenters. The molecule has 0 bridgehead atoms. The van der Waals surface area contributed by atoms with Gasteiger partial charge < -0.3 is 33.4 Å². The zero-order valence-electron chi connectivity index (χ0n) is 35.3. The fourth-order valence-corrected chi connectivity index (χ4v) is 11.9. The second-order valence-electron chi connectivity index (χ2n) is 17.9. The molecule has 64 heavy (non-hydrogen) atoms. The Balaban J connectivity index is 0.000000131. The molecule has 4 aromatic heterocycles. The van der Waals surface area contributed by atoms with Gasteiger partial charge in [0, 0.05) is 130 Å². The van der Waals surface area contributed by atoms with E-state index >= 15 is 0 Å². The van der Waals surface area contributed by atoms with Gasteiger partial charge in [0.25, 0.3) is 11.8 Å². The third-order valence-corrected chi connectivity index (χ3v) is 14.4. The lowest BCUT2D eigenvalue weighted by Gasteiger charge is -2.17. The molecule has 2 unspecified atom stereocenters. The first kappa shape index (κ1) is 37.1. The van der Waals surface area contributed by atoms with Crippen molar-refractivity contribution in [3.63, 3.8) is 0 Å². The highest BCUT2D eigenvalue weighted by Gasteiger charge is 2.39. The molecule has 12 heteroatoms. The van der Waals surface area contributed by atoms with E-state index in [1.54, 1.807) is 0 Å². The van der Waals surface area contributed by atoms with Crippen molar-refractivity contribution in [3.05, 3.63) is 119 Å². The minimum atomic E-state index is -0.286. The van der Waals surface area contributed by atoms with Crippen molar-refractivity contribution in [1.82, 2.24) is 28.5 Å². The Labute approximate surface area is 364 Å². The van der Waals surface area contributed by atoms with Gasteiger partial charge in [0.05, 0.1) is 46.3 Å². The van der Waals surface area contributed by atoms with Crippen LogP contribution in [0.5, 0.6) is 0 Å². The van der Waals surface area contributed by atoms with Crippen molar-refractivity contribution >= 4 is 111 Å². The average Bonchev–Trinajstić information content (AvgIpc) is 4.11. The molecule has 0 saturated carbocycles. The summed E-state index contributed by atoms with van der Waals surface area (Å²) in [6, 6.07) is 33.2. The predicted octanol–water partition coefficient (Wildman–Crippen LogP) is 8.37. The largest absolute Gasteiger partial charge is 0.465 e. The monoisotopic (exact) mass is 846 g/mol. The number of amides is 3. The van der Waals surface area contributed by atoms with Gasteiger partial charge in [-0.05, 0) is 35.4 Å². The quantitative estimate of drug-likeness (QED) is 0.172. The number of benzene rings is 6. The maximum atomic E-state index is 13.7. The van der Waals surface area contributed by atoms with E-state index in [1.165, 1.54) is 40.6 Å². The van der Waals surface area contributed by atoms with Crippen LogP contribution in [-0.2, 0) is 53.6 Å². The lowest BCUT2D eigenvalue weighted by molar-refractivity contribution is -0.142. The molecule has 316 valence electrons. The zero-order chi connectivity index (χ0) is 43.3. The van der Waals surface area contributed by atoms with Crippen LogP contribution in [0.15, 0.2) is 97.1 Å². The van der Waals surface area contributed by atoms with E-state index in [2.05, 4.69) is 90.3 Å². The molecule has 10 aromatic rings. The number of imide groups is 1. The van der Waals surface area contributed by atoms with Gasteiger partial charge in [-0.25, -0.2) is 0 Å². The molecule has 8 heterocycles. The van der Waals surface area contributed by atoms with Crippen LogP contribution in [0.2, 0.25) is 0 Å². The Morgan fingerprint density at radius 2 is 1.02 bits per heavy atom. The van der Waals surface area contributed by atoms with E-state index in [-0.39, 0.29) is 48.7 Å². The molecular formula is C52H42N6O6. The molecule has 2 N–H and O–H groups in total. The van der Waals surface area contributed by atoms with Gasteiger partial charge in [-0.3, -0.25) is 24.1 Å².